The Morgan fingerprint density at radius 3 is 2.48 bits per heavy atom. The molecule has 2 fully saturated rings. The predicted octanol–water partition coefficient (Wildman–Crippen LogP) is 1.48. The molecule has 1 unspecified atom stereocenters. The highest BCUT2D eigenvalue weighted by Gasteiger charge is 2.33. The van der Waals surface area contributed by atoms with Crippen LogP contribution in [0.1, 0.15) is 31.2 Å². The Morgan fingerprint density at radius 2 is 1.81 bits per heavy atom. The van der Waals surface area contributed by atoms with Crippen LogP contribution in [0.25, 0.3) is 0 Å². The largest absolute Gasteiger partial charge is 0.355 e. The number of carbonyl (C=O) groups is 1. The smallest absolute Gasteiger partial charge is 0.224 e. The molecule has 0 aromatic heterocycles. The molecule has 1 aromatic rings. The van der Waals surface area contributed by atoms with Gasteiger partial charge in [0.2, 0.25) is 15.9 Å². The molecular formula is C20H31N3O3S. The van der Waals surface area contributed by atoms with Crippen molar-refractivity contribution in [1.29, 1.82) is 0 Å². The summed E-state index contributed by atoms with van der Waals surface area (Å²) >= 11 is 0. The van der Waals surface area contributed by atoms with Crippen LogP contribution in [0.3, 0.4) is 0 Å². The van der Waals surface area contributed by atoms with Crippen LogP contribution >= 0.6 is 0 Å². The van der Waals surface area contributed by atoms with Crippen molar-refractivity contribution in [1.82, 2.24) is 14.5 Å². The molecular weight excluding hydrogens is 362 g/mol. The fourth-order valence-corrected chi connectivity index (χ4v) is 5.08. The van der Waals surface area contributed by atoms with Crippen LogP contribution in [0.15, 0.2) is 30.3 Å². The molecule has 1 atom stereocenters. The summed E-state index contributed by atoms with van der Waals surface area (Å²) in [4.78, 5) is 15.0. The molecule has 0 radical (unpaired) electrons. The quantitative estimate of drug-likeness (QED) is 0.795. The lowest BCUT2D eigenvalue weighted by atomic mass is 9.93. The summed E-state index contributed by atoms with van der Waals surface area (Å²) in [7, 11) is -3.09. The molecule has 2 aliphatic heterocycles. The Balaban J connectivity index is 1.44. The number of hydrogen-bond donors (Lipinski definition) is 1. The highest BCUT2D eigenvalue weighted by Crippen LogP contribution is 2.24. The van der Waals surface area contributed by atoms with Gasteiger partial charge in [-0.1, -0.05) is 30.3 Å². The number of rotatable bonds is 6. The topological polar surface area (TPSA) is 69.7 Å². The lowest BCUT2D eigenvalue weighted by Crippen LogP contribution is -2.51. The Kier molecular flexibility index (Phi) is 6.89. The highest BCUT2D eigenvalue weighted by molar-refractivity contribution is 7.88. The van der Waals surface area contributed by atoms with Gasteiger partial charge in [0.25, 0.3) is 0 Å². The normalized spacial score (nSPS) is 23.2. The maximum Gasteiger partial charge on any atom is 0.224 e. The first-order chi connectivity index (χ1) is 12.9. The lowest BCUT2D eigenvalue weighted by molar-refractivity contribution is -0.127. The third kappa shape index (κ3) is 5.77. The van der Waals surface area contributed by atoms with Crippen LogP contribution in [0.4, 0.5) is 0 Å². The average molecular weight is 394 g/mol. The molecule has 6 nitrogen and oxygen atoms in total. The van der Waals surface area contributed by atoms with Crippen LogP contribution in [-0.4, -0.2) is 68.6 Å². The summed E-state index contributed by atoms with van der Waals surface area (Å²) in [5.74, 6) is 0.201. The number of nitrogens with zero attached hydrogens (tertiary/aromatic N) is 2. The zero-order valence-corrected chi connectivity index (χ0v) is 17.0. The van der Waals surface area contributed by atoms with E-state index in [0.29, 0.717) is 25.7 Å². The Hall–Kier alpha value is -1.44. The van der Waals surface area contributed by atoms with Gasteiger partial charge in [-0.3, -0.25) is 9.69 Å². The summed E-state index contributed by atoms with van der Waals surface area (Å²) in [6.07, 6.45) is 5.82. The molecule has 3 rings (SSSR count). The Morgan fingerprint density at radius 1 is 1.11 bits per heavy atom. The minimum atomic E-state index is -3.09. The lowest BCUT2D eigenvalue weighted by Gasteiger charge is -2.41. The summed E-state index contributed by atoms with van der Waals surface area (Å²) in [5.41, 5.74) is 1.24. The molecule has 150 valence electrons. The monoisotopic (exact) mass is 393 g/mol. The van der Waals surface area contributed by atoms with E-state index in [9.17, 15) is 13.2 Å². The SMILES string of the molecule is CS(=O)(=O)N1CCC(N2CCCC(C(=O)NCCc3ccccc3)C2)CC1. The zero-order chi connectivity index (χ0) is 19.3. The van der Waals surface area contributed by atoms with Crippen molar-refractivity contribution >= 4 is 15.9 Å². The van der Waals surface area contributed by atoms with Gasteiger partial charge in [-0.25, -0.2) is 12.7 Å². The second kappa shape index (κ2) is 9.17. The Labute approximate surface area is 163 Å². The maximum atomic E-state index is 12.6. The molecule has 0 spiro atoms. The standard InChI is InChI=1S/C20H31N3O3S/c1-27(25,26)23-14-10-19(11-15-23)22-13-5-8-18(16-22)20(24)21-12-9-17-6-3-2-4-7-17/h2-4,6-7,18-19H,5,8-16H2,1H3,(H,21,24). The van der Waals surface area contributed by atoms with E-state index in [1.807, 2.05) is 18.2 Å². The van der Waals surface area contributed by atoms with Gasteiger partial charge < -0.3 is 5.32 Å². The molecule has 1 N–H and O–H groups in total. The van der Waals surface area contributed by atoms with Gasteiger partial charge in [0, 0.05) is 32.2 Å². The van der Waals surface area contributed by atoms with Crippen molar-refractivity contribution in [2.75, 3.05) is 39.0 Å². The van der Waals surface area contributed by atoms with E-state index in [2.05, 4.69) is 22.3 Å². The first kappa shape index (κ1) is 20.3. The number of amides is 1. The van der Waals surface area contributed by atoms with Gasteiger partial charge in [-0.05, 0) is 44.2 Å². The van der Waals surface area contributed by atoms with E-state index in [0.717, 1.165) is 45.2 Å². The third-order valence-electron chi connectivity index (χ3n) is 5.79. The van der Waals surface area contributed by atoms with E-state index < -0.39 is 10.0 Å². The molecule has 2 saturated heterocycles. The number of likely N-dealkylation sites (tertiary alicyclic amines) is 1. The Bertz CT molecular complexity index is 715. The molecule has 2 heterocycles. The van der Waals surface area contributed by atoms with Crippen LogP contribution in [0.5, 0.6) is 0 Å². The first-order valence-electron chi connectivity index (χ1n) is 9.94. The molecule has 27 heavy (non-hydrogen) atoms. The van der Waals surface area contributed by atoms with Gasteiger partial charge in [0.15, 0.2) is 0 Å². The van der Waals surface area contributed by atoms with E-state index in [4.69, 9.17) is 0 Å². The number of piperidine rings is 2. The number of hydrogen-bond acceptors (Lipinski definition) is 4. The summed E-state index contributed by atoms with van der Waals surface area (Å²) in [6, 6.07) is 10.6. The first-order valence-corrected chi connectivity index (χ1v) is 11.8. The average Bonchev–Trinajstić information content (AvgIpc) is 2.68. The maximum absolute atomic E-state index is 12.6. The van der Waals surface area contributed by atoms with Crippen molar-refractivity contribution < 1.29 is 13.2 Å². The van der Waals surface area contributed by atoms with E-state index in [1.54, 1.807) is 4.31 Å². The van der Waals surface area contributed by atoms with Crippen molar-refractivity contribution in [3.05, 3.63) is 35.9 Å². The summed E-state index contributed by atoms with van der Waals surface area (Å²) in [6.45, 7) is 3.66. The molecule has 0 saturated carbocycles. The van der Waals surface area contributed by atoms with Crippen molar-refractivity contribution in [2.24, 2.45) is 5.92 Å². The van der Waals surface area contributed by atoms with E-state index in [1.165, 1.54) is 11.8 Å². The molecule has 2 aliphatic rings. The predicted molar refractivity (Wildman–Crippen MR) is 107 cm³/mol. The van der Waals surface area contributed by atoms with Crippen molar-refractivity contribution in [3.8, 4) is 0 Å². The van der Waals surface area contributed by atoms with Gasteiger partial charge >= 0.3 is 0 Å². The zero-order valence-electron chi connectivity index (χ0n) is 16.1. The fraction of sp³-hybridized carbons (Fsp3) is 0.650. The van der Waals surface area contributed by atoms with E-state index in [-0.39, 0.29) is 11.8 Å². The number of carbonyl (C=O) groups excluding carboxylic acids is 1. The molecule has 1 aromatic carbocycles. The van der Waals surface area contributed by atoms with Crippen LogP contribution in [0, 0.1) is 5.92 Å². The van der Waals surface area contributed by atoms with Gasteiger partial charge in [0.05, 0.1) is 12.2 Å². The van der Waals surface area contributed by atoms with Gasteiger partial charge in [-0.15, -0.1) is 0 Å². The second-order valence-corrected chi connectivity index (χ2v) is 9.74. The van der Waals surface area contributed by atoms with Crippen LogP contribution in [-0.2, 0) is 21.2 Å². The second-order valence-electron chi connectivity index (χ2n) is 7.75. The number of nitrogens with one attached hydrogen (secondary N) is 1. The van der Waals surface area contributed by atoms with Gasteiger partial charge in [-0.2, -0.15) is 0 Å². The van der Waals surface area contributed by atoms with Gasteiger partial charge in [0.1, 0.15) is 0 Å². The molecule has 0 bridgehead atoms. The van der Waals surface area contributed by atoms with Crippen molar-refractivity contribution in [2.45, 2.75) is 38.1 Å². The van der Waals surface area contributed by atoms with E-state index >= 15 is 0 Å². The fourth-order valence-electron chi connectivity index (χ4n) is 4.21. The number of benzene rings is 1. The molecule has 1 amide bonds. The molecule has 0 aliphatic carbocycles. The minimum Gasteiger partial charge on any atom is -0.355 e. The summed E-state index contributed by atoms with van der Waals surface area (Å²) in [5, 5.41) is 3.10. The van der Waals surface area contributed by atoms with Crippen LogP contribution < -0.4 is 5.32 Å². The third-order valence-corrected chi connectivity index (χ3v) is 7.09. The highest BCUT2D eigenvalue weighted by atomic mass is 32.2. The minimum absolute atomic E-state index is 0.0439. The van der Waals surface area contributed by atoms with Crippen LogP contribution in [0.2, 0.25) is 0 Å². The number of sulfonamides is 1. The molecule has 7 heteroatoms. The summed E-state index contributed by atoms with van der Waals surface area (Å²) < 4.78 is 24.9. The van der Waals surface area contributed by atoms with Crippen molar-refractivity contribution in [3.63, 3.8) is 0 Å².